The number of aliphatic hydroxyl groups excluding tert-OH is 1. The van der Waals surface area contributed by atoms with Gasteiger partial charge in [0.1, 0.15) is 16.8 Å². The number of anilines is 1. The van der Waals surface area contributed by atoms with Gasteiger partial charge in [-0.2, -0.15) is 18.1 Å². The van der Waals surface area contributed by atoms with Crippen LogP contribution < -0.4 is 10.1 Å². The first-order chi connectivity index (χ1) is 14.6. The molecule has 0 saturated carbocycles. The maximum Gasteiger partial charge on any atom is 0.286 e. The number of nitriles is 1. The Morgan fingerprint density at radius 2 is 2.23 bits per heavy atom. The number of halogens is 1. The molecule has 0 aliphatic carbocycles. The van der Waals surface area contributed by atoms with E-state index < -0.39 is 27.9 Å². The van der Waals surface area contributed by atoms with Gasteiger partial charge in [-0.25, -0.2) is 4.39 Å². The van der Waals surface area contributed by atoms with Crippen LogP contribution in [0.1, 0.15) is 28.9 Å². The largest absolute Gasteiger partial charge is 0.490 e. The third-order valence-corrected chi connectivity index (χ3v) is 5.43. The first kappa shape index (κ1) is 23.8. The number of nitrogens with zero attached hydrogens (tertiary/aromatic N) is 3. The van der Waals surface area contributed by atoms with E-state index in [1.807, 2.05) is 0 Å². The molecule has 0 unspecified atom stereocenters. The Hall–Kier alpha value is -3.49. The van der Waals surface area contributed by atoms with Gasteiger partial charge in [-0.1, -0.05) is 6.08 Å². The summed E-state index contributed by atoms with van der Waals surface area (Å²) in [4.78, 5) is 12.5. The van der Waals surface area contributed by atoms with Crippen molar-refractivity contribution in [2.24, 2.45) is 11.4 Å². The normalized spacial score (nSPS) is 11.9. The van der Waals surface area contributed by atoms with Gasteiger partial charge in [0, 0.05) is 32.1 Å². The van der Waals surface area contributed by atoms with Crippen LogP contribution in [-0.2, 0) is 17.1 Å². The molecule has 0 bridgehead atoms. The number of nitrogens with one attached hydrogen (secondary N) is 1. The average Bonchev–Trinajstić information content (AvgIpc) is 3.06. The average molecular weight is 448 g/mol. The van der Waals surface area contributed by atoms with Gasteiger partial charge >= 0.3 is 0 Å². The maximum atomic E-state index is 13.5. The fraction of sp³-hybridized carbons (Fsp3) is 0.250. The molecule has 31 heavy (non-hydrogen) atoms. The number of aromatic nitrogens is 1. The van der Waals surface area contributed by atoms with Crippen LogP contribution in [-0.4, -0.2) is 43.4 Å². The van der Waals surface area contributed by atoms with E-state index in [1.165, 1.54) is 23.8 Å². The number of carbonyl (C=O) groups excluding carboxylic acids is 1. The fourth-order valence-corrected chi connectivity index (χ4v) is 3.54. The Kier molecular flexibility index (Phi) is 7.68. The molecule has 2 N–H and O–H groups in total. The van der Waals surface area contributed by atoms with Gasteiger partial charge in [0.25, 0.3) is 15.9 Å². The summed E-state index contributed by atoms with van der Waals surface area (Å²) in [5.41, 5.74) is -0.289. The van der Waals surface area contributed by atoms with Crippen molar-refractivity contribution in [2.45, 2.75) is 23.8 Å². The molecule has 9 nitrogen and oxygen atoms in total. The Morgan fingerprint density at radius 1 is 1.52 bits per heavy atom. The molecule has 0 aliphatic rings. The van der Waals surface area contributed by atoms with Crippen LogP contribution in [0.5, 0.6) is 5.75 Å². The van der Waals surface area contributed by atoms with E-state index in [-0.39, 0.29) is 40.6 Å². The van der Waals surface area contributed by atoms with Crippen LogP contribution in [0.2, 0.25) is 0 Å². The molecular weight excluding hydrogens is 427 g/mol. The van der Waals surface area contributed by atoms with Crippen molar-refractivity contribution in [3.05, 3.63) is 54.1 Å². The number of aliphatic hydroxyl groups is 1. The van der Waals surface area contributed by atoms with Gasteiger partial charge < -0.3 is 19.7 Å². The van der Waals surface area contributed by atoms with Crippen LogP contribution in [0.25, 0.3) is 0 Å². The van der Waals surface area contributed by atoms with E-state index in [0.717, 1.165) is 18.3 Å². The van der Waals surface area contributed by atoms with Gasteiger partial charge in [-0.05, 0) is 24.6 Å². The van der Waals surface area contributed by atoms with Crippen LogP contribution in [0.15, 0.2) is 46.3 Å². The molecular formula is C20H21FN4O5S. The SMILES string of the molecule is C=CC[C@@H](O)CCOc1c(S(=O)(=O)N=C)cn(C)c1C(=O)Nc1ccc(F)c(C#N)c1. The van der Waals surface area contributed by atoms with Gasteiger partial charge in [-0.15, -0.1) is 6.58 Å². The zero-order chi connectivity index (χ0) is 23.2. The molecule has 1 atom stereocenters. The zero-order valence-electron chi connectivity index (χ0n) is 16.7. The molecule has 0 spiro atoms. The van der Waals surface area contributed by atoms with Crippen LogP contribution >= 0.6 is 0 Å². The predicted molar refractivity (Wildman–Crippen MR) is 112 cm³/mol. The van der Waals surface area contributed by atoms with E-state index in [4.69, 9.17) is 10.00 Å². The lowest BCUT2D eigenvalue weighted by Gasteiger charge is -2.13. The Labute approximate surface area is 179 Å². The highest BCUT2D eigenvalue weighted by Gasteiger charge is 2.29. The molecule has 2 rings (SSSR count). The smallest absolute Gasteiger partial charge is 0.286 e. The third kappa shape index (κ3) is 5.56. The topological polar surface area (TPSA) is 134 Å². The van der Waals surface area contributed by atoms with Crippen molar-refractivity contribution in [3.63, 3.8) is 0 Å². The second kappa shape index (κ2) is 10.0. The Morgan fingerprint density at radius 3 is 2.84 bits per heavy atom. The number of ether oxygens (including phenoxy) is 1. The Balaban J connectivity index is 2.41. The van der Waals surface area contributed by atoms with E-state index in [2.05, 4.69) is 23.0 Å². The number of sulfonamides is 1. The first-order valence-corrected chi connectivity index (χ1v) is 10.4. The Bertz CT molecular complexity index is 1150. The predicted octanol–water partition coefficient (Wildman–Crippen LogP) is 2.38. The van der Waals surface area contributed by atoms with Crippen molar-refractivity contribution in [1.82, 2.24) is 4.57 Å². The molecule has 0 saturated heterocycles. The van der Waals surface area contributed by atoms with Crippen molar-refractivity contribution in [2.75, 3.05) is 11.9 Å². The second-order valence-corrected chi connectivity index (χ2v) is 8.11. The molecule has 0 radical (unpaired) electrons. The number of benzene rings is 1. The van der Waals surface area contributed by atoms with Gasteiger partial charge in [0.2, 0.25) is 0 Å². The summed E-state index contributed by atoms with van der Waals surface area (Å²) in [6.07, 6.45) is 2.41. The zero-order valence-corrected chi connectivity index (χ0v) is 17.5. The second-order valence-electron chi connectivity index (χ2n) is 6.46. The molecule has 2 aromatic rings. The van der Waals surface area contributed by atoms with E-state index in [1.54, 1.807) is 6.07 Å². The van der Waals surface area contributed by atoms with E-state index in [9.17, 15) is 22.7 Å². The molecule has 0 aliphatic heterocycles. The van der Waals surface area contributed by atoms with E-state index >= 15 is 0 Å². The number of amides is 1. The lowest BCUT2D eigenvalue weighted by Crippen LogP contribution is -2.18. The third-order valence-electron chi connectivity index (χ3n) is 4.25. The maximum absolute atomic E-state index is 13.5. The number of hydrogen-bond donors (Lipinski definition) is 2. The van der Waals surface area contributed by atoms with E-state index in [0.29, 0.717) is 6.42 Å². The first-order valence-electron chi connectivity index (χ1n) is 8.99. The summed E-state index contributed by atoms with van der Waals surface area (Å²) in [6, 6.07) is 5.09. The number of aryl methyl sites for hydroxylation is 1. The quantitative estimate of drug-likeness (QED) is 0.423. The highest BCUT2D eigenvalue weighted by atomic mass is 32.2. The number of rotatable bonds is 10. The highest BCUT2D eigenvalue weighted by Crippen LogP contribution is 2.32. The monoisotopic (exact) mass is 448 g/mol. The highest BCUT2D eigenvalue weighted by molar-refractivity contribution is 7.90. The summed E-state index contributed by atoms with van der Waals surface area (Å²) in [7, 11) is -2.76. The molecule has 1 aromatic carbocycles. The van der Waals surface area contributed by atoms with Crippen molar-refractivity contribution < 1.29 is 27.4 Å². The minimum absolute atomic E-state index is 0.0892. The van der Waals surface area contributed by atoms with Crippen molar-refractivity contribution >= 4 is 28.3 Å². The standard InChI is InChI=1S/C20H21FN4O5S/c1-4-5-15(26)8-9-30-19-17(31(28,29)23-2)12-25(3)18(19)20(27)24-14-6-7-16(21)13(10-14)11-22/h4,6-7,10,12,15,26H,1-2,5,8-9H2,3H3,(H,24,27)/t15-/m1/s1. The lowest BCUT2D eigenvalue weighted by atomic mass is 10.2. The van der Waals surface area contributed by atoms with Gasteiger partial charge in [0.05, 0.1) is 18.3 Å². The summed E-state index contributed by atoms with van der Waals surface area (Å²) >= 11 is 0. The van der Waals surface area contributed by atoms with Gasteiger partial charge in [-0.3, -0.25) is 4.79 Å². The van der Waals surface area contributed by atoms with Crippen LogP contribution in [0.3, 0.4) is 0 Å². The summed E-state index contributed by atoms with van der Waals surface area (Å²) in [5.74, 6) is -1.77. The number of hydrogen-bond acceptors (Lipinski definition) is 6. The molecule has 1 heterocycles. The van der Waals surface area contributed by atoms with Gasteiger partial charge in [0.15, 0.2) is 11.4 Å². The minimum atomic E-state index is -4.20. The number of carbonyl (C=O) groups is 1. The van der Waals surface area contributed by atoms with Crippen LogP contribution in [0, 0.1) is 17.1 Å². The fourth-order valence-electron chi connectivity index (χ4n) is 2.72. The lowest BCUT2D eigenvalue weighted by molar-refractivity contribution is 0.101. The summed E-state index contributed by atoms with van der Waals surface area (Å²) in [5, 5.41) is 21.2. The van der Waals surface area contributed by atoms with Crippen molar-refractivity contribution in [3.8, 4) is 11.8 Å². The van der Waals surface area contributed by atoms with Crippen molar-refractivity contribution in [1.29, 1.82) is 5.26 Å². The molecule has 1 aromatic heterocycles. The molecule has 0 fully saturated rings. The molecule has 11 heteroatoms. The molecule has 164 valence electrons. The van der Waals surface area contributed by atoms with Crippen LogP contribution in [0.4, 0.5) is 10.1 Å². The summed E-state index contributed by atoms with van der Waals surface area (Å²) in [6.45, 7) is 6.48. The molecule has 1 amide bonds. The summed E-state index contributed by atoms with van der Waals surface area (Å²) < 4.78 is 48.0. The minimum Gasteiger partial charge on any atom is -0.490 e.